The van der Waals surface area contributed by atoms with Crippen molar-refractivity contribution in [3.8, 4) is 0 Å². The highest BCUT2D eigenvalue weighted by Gasteiger charge is 2.30. The smallest absolute Gasteiger partial charge is 0.346 e. The highest BCUT2D eigenvalue weighted by Crippen LogP contribution is 2.30. The van der Waals surface area contributed by atoms with Crippen molar-refractivity contribution in [1.82, 2.24) is 5.32 Å². The van der Waals surface area contributed by atoms with Crippen LogP contribution >= 0.6 is 0 Å². The number of nitrogens with zero attached hydrogens (tertiary/aromatic N) is 1. The molecule has 2 aromatic carbocycles. The SMILES string of the molecule is CC(NC(=O)c1cccc([N+](=O)[O-])c1)c1cccc(C(F)(F)F)c1. The van der Waals surface area contributed by atoms with Crippen LogP contribution < -0.4 is 5.32 Å². The lowest BCUT2D eigenvalue weighted by Gasteiger charge is -2.16. The first-order valence-corrected chi connectivity index (χ1v) is 6.91. The van der Waals surface area contributed by atoms with E-state index in [2.05, 4.69) is 5.32 Å². The quantitative estimate of drug-likeness (QED) is 0.674. The summed E-state index contributed by atoms with van der Waals surface area (Å²) in [6.07, 6.45) is -4.47. The largest absolute Gasteiger partial charge is 0.416 e. The number of hydrogen-bond acceptors (Lipinski definition) is 3. The Labute approximate surface area is 135 Å². The molecule has 0 aromatic heterocycles. The van der Waals surface area contributed by atoms with Gasteiger partial charge in [0.1, 0.15) is 0 Å². The van der Waals surface area contributed by atoms with Crippen LogP contribution in [-0.2, 0) is 6.18 Å². The van der Waals surface area contributed by atoms with Crippen LogP contribution in [0.25, 0.3) is 0 Å². The van der Waals surface area contributed by atoms with E-state index in [0.29, 0.717) is 0 Å². The maximum Gasteiger partial charge on any atom is 0.416 e. The van der Waals surface area contributed by atoms with Gasteiger partial charge in [-0.15, -0.1) is 0 Å². The summed E-state index contributed by atoms with van der Waals surface area (Å²) in [5, 5.41) is 13.2. The minimum absolute atomic E-state index is 0.0584. The van der Waals surface area contributed by atoms with Crippen LogP contribution in [0.15, 0.2) is 48.5 Å². The van der Waals surface area contributed by atoms with Gasteiger partial charge in [0.15, 0.2) is 0 Å². The second-order valence-corrected chi connectivity index (χ2v) is 5.13. The molecule has 1 atom stereocenters. The van der Waals surface area contributed by atoms with Crippen LogP contribution in [0.4, 0.5) is 18.9 Å². The van der Waals surface area contributed by atoms with Gasteiger partial charge in [-0.3, -0.25) is 14.9 Å². The lowest BCUT2D eigenvalue weighted by Crippen LogP contribution is -2.26. The first-order valence-electron chi connectivity index (χ1n) is 6.91. The lowest BCUT2D eigenvalue weighted by atomic mass is 10.0. The zero-order chi connectivity index (χ0) is 17.9. The van der Waals surface area contributed by atoms with E-state index in [4.69, 9.17) is 0 Å². The molecule has 0 heterocycles. The molecule has 0 aliphatic carbocycles. The minimum atomic E-state index is -4.47. The fraction of sp³-hybridized carbons (Fsp3) is 0.188. The molecule has 0 bridgehead atoms. The van der Waals surface area contributed by atoms with Crippen molar-refractivity contribution in [2.45, 2.75) is 19.1 Å². The zero-order valence-electron chi connectivity index (χ0n) is 12.5. The summed E-state index contributed by atoms with van der Waals surface area (Å²) in [7, 11) is 0. The van der Waals surface area contributed by atoms with E-state index in [-0.39, 0.29) is 16.8 Å². The van der Waals surface area contributed by atoms with Crippen molar-refractivity contribution in [2.24, 2.45) is 0 Å². The lowest BCUT2D eigenvalue weighted by molar-refractivity contribution is -0.384. The zero-order valence-corrected chi connectivity index (χ0v) is 12.5. The molecule has 1 unspecified atom stereocenters. The van der Waals surface area contributed by atoms with Crippen molar-refractivity contribution < 1.29 is 22.9 Å². The number of nitro benzene ring substituents is 1. The summed E-state index contributed by atoms with van der Waals surface area (Å²) < 4.78 is 38.2. The van der Waals surface area contributed by atoms with Crippen molar-refractivity contribution in [3.63, 3.8) is 0 Å². The number of alkyl halides is 3. The number of nitro groups is 1. The summed E-state index contributed by atoms with van der Waals surface area (Å²) in [5.41, 5.74) is -0.711. The fourth-order valence-electron chi connectivity index (χ4n) is 2.11. The van der Waals surface area contributed by atoms with Crippen molar-refractivity contribution in [3.05, 3.63) is 75.3 Å². The second kappa shape index (κ2) is 6.69. The Hall–Kier alpha value is -2.90. The van der Waals surface area contributed by atoms with Gasteiger partial charge >= 0.3 is 6.18 Å². The molecule has 0 aliphatic rings. The van der Waals surface area contributed by atoms with Gasteiger partial charge in [-0.2, -0.15) is 13.2 Å². The molecule has 24 heavy (non-hydrogen) atoms. The molecule has 2 aromatic rings. The summed E-state index contributed by atoms with van der Waals surface area (Å²) in [6, 6.07) is 9.03. The Bertz CT molecular complexity index is 775. The van der Waals surface area contributed by atoms with Gasteiger partial charge in [-0.25, -0.2) is 0 Å². The Morgan fingerprint density at radius 1 is 1.17 bits per heavy atom. The Morgan fingerprint density at radius 3 is 2.46 bits per heavy atom. The first kappa shape index (κ1) is 17.5. The van der Waals surface area contributed by atoms with Gasteiger partial charge in [0.25, 0.3) is 11.6 Å². The van der Waals surface area contributed by atoms with Crippen LogP contribution in [0, 0.1) is 10.1 Å². The molecule has 5 nitrogen and oxygen atoms in total. The molecule has 0 fully saturated rings. The van der Waals surface area contributed by atoms with Gasteiger partial charge in [0.05, 0.1) is 16.5 Å². The number of halogens is 3. The predicted octanol–water partition coefficient (Wildman–Crippen LogP) is 4.10. The van der Waals surface area contributed by atoms with Gasteiger partial charge in [0.2, 0.25) is 0 Å². The minimum Gasteiger partial charge on any atom is -0.346 e. The van der Waals surface area contributed by atoms with Crippen LogP contribution in [-0.4, -0.2) is 10.8 Å². The van der Waals surface area contributed by atoms with Gasteiger partial charge in [-0.1, -0.05) is 18.2 Å². The van der Waals surface area contributed by atoms with Crippen LogP contribution in [0.3, 0.4) is 0 Å². The predicted molar refractivity (Wildman–Crippen MR) is 80.4 cm³/mol. The molecule has 2 rings (SSSR count). The molecular formula is C16H13F3N2O3. The molecule has 0 radical (unpaired) electrons. The standard InChI is InChI=1S/C16H13F3N2O3/c1-10(11-4-2-6-13(8-11)16(17,18)19)20-15(22)12-5-3-7-14(9-12)21(23)24/h2-10H,1H3,(H,20,22). The number of carbonyl (C=O) groups excluding carboxylic acids is 1. The topological polar surface area (TPSA) is 72.2 Å². The maximum atomic E-state index is 12.7. The Kier molecular flexibility index (Phi) is 4.87. The highest BCUT2D eigenvalue weighted by atomic mass is 19.4. The second-order valence-electron chi connectivity index (χ2n) is 5.13. The molecule has 0 spiro atoms. The van der Waals surface area contributed by atoms with E-state index in [9.17, 15) is 28.1 Å². The van der Waals surface area contributed by atoms with E-state index in [0.717, 1.165) is 18.2 Å². The Morgan fingerprint density at radius 2 is 1.83 bits per heavy atom. The number of amides is 1. The number of rotatable bonds is 4. The average molecular weight is 338 g/mol. The third-order valence-electron chi connectivity index (χ3n) is 3.38. The summed E-state index contributed by atoms with van der Waals surface area (Å²) in [5.74, 6) is -0.608. The molecule has 126 valence electrons. The average Bonchev–Trinajstić information content (AvgIpc) is 2.54. The molecule has 0 saturated carbocycles. The third-order valence-corrected chi connectivity index (χ3v) is 3.38. The first-order chi connectivity index (χ1) is 11.2. The van der Waals surface area contributed by atoms with Crippen molar-refractivity contribution in [1.29, 1.82) is 0 Å². The van der Waals surface area contributed by atoms with Crippen LogP contribution in [0.1, 0.15) is 34.5 Å². The monoisotopic (exact) mass is 338 g/mol. The number of nitrogens with one attached hydrogen (secondary N) is 1. The summed E-state index contributed by atoms with van der Waals surface area (Å²) in [4.78, 5) is 22.2. The Balaban J connectivity index is 2.17. The van der Waals surface area contributed by atoms with Crippen LogP contribution in [0.2, 0.25) is 0 Å². The summed E-state index contributed by atoms with van der Waals surface area (Å²) >= 11 is 0. The fourth-order valence-corrected chi connectivity index (χ4v) is 2.11. The van der Waals surface area contributed by atoms with E-state index < -0.39 is 28.6 Å². The molecule has 0 saturated heterocycles. The molecule has 0 aliphatic heterocycles. The van der Waals surface area contributed by atoms with Crippen molar-refractivity contribution >= 4 is 11.6 Å². The van der Waals surface area contributed by atoms with E-state index in [1.165, 1.54) is 37.3 Å². The molecule has 1 amide bonds. The van der Waals surface area contributed by atoms with Gasteiger partial charge in [0, 0.05) is 17.7 Å². The summed E-state index contributed by atoms with van der Waals surface area (Å²) in [6.45, 7) is 1.53. The number of carbonyl (C=O) groups is 1. The van der Waals surface area contributed by atoms with Crippen LogP contribution in [0.5, 0.6) is 0 Å². The van der Waals surface area contributed by atoms with Gasteiger partial charge < -0.3 is 5.32 Å². The number of benzene rings is 2. The normalized spacial score (nSPS) is 12.5. The van der Waals surface area contributed by atoms with E-state index in [1.54, 1.807) is 0 Å². The van der Waals surface area contributed by atoms with Crippen molar-refractivity contribution in [2.75, 3.05) is 0 Å². The molecule has 1 N–H and O–H groups in total. The van der Waals surface area contributed by atoms with E-state index >= 15 is 0 Å². The highest BCUT2D eigenvalue weighted by molar-refractivity contribution is 5.95. The molecular weight excluding hydrogens is 325 g/mol. The third kappa shape index (κ3) is 4.09. The maximum absolute atomic E-state index is 12.7. The van der Waals surface area contributed by atoms with Gasteiger partial charge in [-0.05, 0) is 30.7 Å². The molecule has 8 heteroatoms. The number of non-ortho nitro benzene ring substituents is 1. The van der Waals surface area contributed by atoms with E-state index in [1.807, 2.05) is 0 Å². The number of hydrogen-bond donors (Lipinski definition) is 1.